The molecule has 0 aliphatic rings. The van der Waals surface area contributed by atoms with Crippen LogP contribution in [0, 0.1) is 6.92 Å². The molecule has 3 nitrogen and oxygen atoms in total. The van der Waals surface area contributed by atoms with Gasteiger partial charge in [0.05, 0.1) is 12.7 Å². The molecule has 1 unspecified atom stereocenters. The minimum absolute atomic E-state index is 0.0999. The molecule has 0 heterocycles. The van der Waals surface area contributed by atoms with Gasteiger partial charge in [0.1, 0.15) is 5.75 Å². The number of hydrogen-bond acceptors (Lipinski definition) is 3. The van der Waals surface area contributed by atoms with Crippen LogP contribution in [-0.2, 0) is 9.53 Å². The first kappa shape index (κ1) is 14.3. The van der Waals surface area contributed by atoms with Crippen LogP contribution in [0.2, 0.25) is 0 Å². The number of rotatable bonds is 7. The summed E-state index contributed by atoms with van der Waals surface area (Å²) in [5, 5.41) is 0. The molecule has 3 heteroatoms. The first-order valence-electron chi connectivity index (χ1n) is 6.14. The van der Waals surface area contributed by atoms with E-state index < -0.39 is 0 Å². The number of carbonyl (C=O) groups excluding carboxylic acids is 1. The van der Waals surface area contributed by atoms with Crippen molar-refractivity contribution < 1.29 is 14.3 Å². The molecule has 18 heavy (non-hydrogen) atoms. The fourth-order valence-electron chi connectivity index (χ4n) is 1.50. The Bertz CT molecular complexity index is 381. The number of carbonyl (C=O) groups is 1. The fourth-order valence-corrected chi connectivity index (χ4v) is 1.50. The number of aryl methyl sites for hydroxylation is 1. The van der Waals surface area contributed by atoms with Crippen LogP contribution in [0.5, 0.6) is 5.75 Å². The lowest BCUT2D eigenvalue weighted by atomic mass is 10.2. The average molecular weight is 248 g/mol. The van der Waals surface area contributed by atoms with E-state index in [1.807, 2.05) is 38.1 Å². The maximum Gasteiger partial charge on any atom is 0.330 e. The summed E-state index contributed by atoms with van der Waals surface area (Å²) < 4.78 is 10.6. The summed E-state index contributed by atoms with van der Waals surface area (Å²) in [4.78, 5) is 10.9. The van der Waals surface area contributed by atoms with Crippen molar-refractivity contribution in [1.29, 1.82) is 0 Å². The minimum Gasteiger partial charge on any atom is -0.494 e. The van der Waals surface area contributed by atoms with Gasteiger partial charge >= 0.3 is 5.97 Å². The van der Waals surface area contributed by atoms with E-state index in [-0.39, 0.29) is 12.1 Å². The summed E-state index contributed by atoms with van der Waals surface area (Å²) in [6.45, 7) is 7.89. The molecule has 1 aromatic rings. The zero-order valence-corrected chi connectivity index (χ0v) is 11.0. The zero-order valence-electron chi connectivity index (χ0n) is 11.0. The molecule has 0 amide bonds. The second-order valence-corrected chi connectivity index (χ2v) is 4.26. The van der Waals surface area contributed by atoms with E-state index in [0.717, 1.165) is 18.6 Å². The van der Waals surface area contributed by atoms with E-state index in [2.05, 4.69) is 6.58 Å². The van der Waals surface area contributed by atoms with Crippen molar-refractivity contribution in [2.75, 3.05) is 6.61 Å². The molecule has 0 radical (unpaired) electrons. The summed E-state index contributed by atoms with van der Waals surface area (Å²) >= 11 is 0. The molecular weight excluding hydrogens is 228 g/mol. The molecule has 0 aromatic heterocycles. The SMILES string of the molecule is C=CC(=O)OC(C)CCCOc1ccc(C)cc1. The van der Waals surface area contributed by atoms with Crippen LogP contribution < -0.4 is 4.74 Å². The Morgan fingerprint density at radius 1 is 1.39 bits per heavy atom. The first-order chi connectivity index (χ1) is 8.61. The average Bonchev–Trinajstić information content (AvgIpc) is 2.36. The maximum atomic E-state index is 10.9. The van der Waals surface area contributed by atoms with Gasteiger partial charge in [0.2, 0.25) is 0 Å². The summed E-state index contributed by atoms with van der Waals surface area (Å²) in [6.07, 6.45) is 2.71. The molecule has 0 aliphatic carbocycles. The molecule has 1 aromatic carbocycles. The molecular formula is C15H20O3. The van der Waals surface area contributed by atoms with Gasteiger partial charge in [-0.25, -0.2) is 4.79 Å². The second kappa shape index (κ2) is 7.54. The topological polar surface area (TPSA) is 35.5 Å². The van der Waals surface area contributed by atoms with Gasteiger partial charge in [-0.15, -0.1) is 0 Å². The summed E-state index contributed by atoms with van der Waals surface area (Å²) in [6, 6.07) is 7.95. The summed E-state index contributed by atoms with van der Waals surface area (Å²) in [7, 11) is 0. The van der Waals surface area contributed by atoms with Gasteiger partial charge in [0.25, 0.3) is 0 Å². The Labute approximate surface area is 108 Å². The third-order valence-corrected chi connectivity index (χ3v) is 2.53. The predicted molar refractivity (Wildman–Crippen MR) is 71.7 cm³/mol. The highest BCUT2D eigenvalue weighted by atomic mass is 16.5. The van der Waals surface area contributed by atoms with Crippen LogP contribution >= 0.6 is 0 Å². The Morgan fingerprint density at radius 2 is 2.06 bits per heavy atom. The van der Waals surface area contributed by atoms with E-state index in [9.17, 15) is 4.79 Å². The number of esters is 1. The van der Waals surface area contributed by atoms with Gasteiger partial charge < -0.3 is 9.47 Å². The van der Waals surface area contributed by atoms with Crippen molar-refractivity contribution in [3.8, 4) is 5.75 Å². The number of ether oxygens (including phenoxy) is 2. The van der Waals surface area contributed by atoms with E-state index >= 15 is 0 Å². The molecule has 0 bridgehead atoms. The van der Waals surface area contributed by atoms with Crippen molar-refractivity contribution in [1.82, 2.24) is 0 Å². The van der Waals surface area contributed by atoms with Crippen LogP contribution in [0.15, 0.2) is 36.9 Å². The molecule has 1 rings (SSSR count). The molecule has 0 fully saturated rings. The second-order valence-electron chi connectivity index (χ2n) is 4.26. The summed E-state index contributed by atoms with van der Waals surface area (Å²) in [5.41, 5.74) is 1.22. The number of benzene rings is 1. The largest absolute Gasteiger partial charge is 0.494 e. The molecule has 0 saturated carbocycles. The van der Waals surface area contributed by atoms with Gasteiger partial charge in [-0.1, -0.05) is 24.3 Å². The molecule has 0 spiro atoms. The minimum atomic E-state index is -0.373. The van der Waals surface area contributed by atoms with Crippen molar-refractivity contribution in [2.45, 2.75) is 32.8 Å². The predicted octanol–water partition coefficient (Wildman–Crippen LogP) is 3.27. The quantitative estimate of drug-likeness (QED) is 0.422. The highest BCUT2D eigenvalue weighted by Gasteiger charge is 2.05. The first-order valence-corrected chi connectivity index (χ1v) is 6.14. The van der Waals surface area contributed by atoms with E-state index in [0.29, 0.717) is 6.61 Å². The molecule has 0 N–H and O–H groups in total. The van der Waals surface area contributed by atoms with E-state index in [4.69, 9.17) is 9.47 Å². The Balaban J connectivity index is 2.16. The normalized spacial score (nSPS) is 11.7. The Kier molecular flexibility index (Phi) is 5.98. The van der Waals surface area contributed by atoms with Gasteiger partial charge in [-0.3, -0.25) is 0 Å². The fraction of sp³-hybridized carbons (Fsp3) is 0.400. The Morgan fingerprint density at radius 3 is 2.67 bits per heavy atom. The highest BCUT2D eigenvalue weighted by Crippen LogP contribution is 2.12. The van der Waals surface area contributed by atoms with Gasteiger partial charge in [0.15, 0.2) is 0 Å². The third-order valence-electron chi connectivity index (χ3n) is 2.53. The van der Waals surface area contributed by atoms with Crippen LogP contribution in [0.4, 0.5) is 0 Å². The van der Waals surface area contributed by atoms with E-state index in [1.165, 1.54) is 11.6 Å². The van der Waals surface area contributed by atoms with Gasteiger partial charge in [-0.05, 0) is 38.8 Å². The van der Waals surface area contributed by atoms with Crippen molar-refractivity contribution in [3.05, 3.63) is 42.5 Å². The van der Waals surface area contributed by atoms with Crippen LogP contribution in [-0.4, -0.2) is 18.7 Å². The maximum absolute atomic E-state index is 10.9. The molecule has 98 valence electrons. The smallest absolute Gasteiger partial charge is 0.330 e. The number of hydrogen-bond donors (Lipinski definition) is 0. The lowest BCUT2D eigenvalue weighted by molar-refractivity contribution is -0.142. The van der Waals surface area contributed by atoms with Crippen molar-refractivity contribution in [2.24, 2.45) is 0 Å². The standard InChI is InChI=1S/C15H20O3/c1-4-15(16)18-13(3)6-5-11-17-14-9-7-12(2)8-10-14/h4,7-10,13H,1,5-6,11H2,2-3H3. The van der Waals surface area contributed by atoms with Gasteiger partial charge in [-0.2, -0.15) is 0 Å². The third kappa shape index (κ3) is 5.53. The monoisotopic (exact) mass is 248 g/mol. The van der Waals surface area contributed by atoms with Crippen LogP contribution in [0.3, 0.4) is 0 Å². The molecule has 0 aliphatic heterocycles. The lowest BCUT2D eigenvalue weighted by Crippen LogP contribution is -2.14. The van der Waals surface area contributed by atoms with Crippen LogP contribution in [0.25, 0.3) is 0 Å². The van der Waals surface area contributed by atoms with Gasteiger partial charge in [0, 0.05) is 6.08 Å². The molecule has 1 atom stereocenters. The van der Waals surface area contributed by atoms with Crippen LogP contribution in [0.1, 0.15) is 25.3 Å². The lowest BCUT2D eigenvalue weighted by Gasteiger charge is -2.12. The van der Waals surface area contributed by atoms with E-state index in [1.54, 1.807) is 0 Å². The highest BCUT2D eigenvalue weighted by molar-refractivity contribution is 5.81. The van der Waals surface area contributed by atoms with Crippen molar-refractivity contribution >= 4 is 5.97 Å². The summed E-state index contributed by atoms with van der Waals surface area (Å²) in [5.74, 6) is 0.498. The Hall–Kier alpha value is -1.77. The molecule has 0 saturated heterocycles. The van der Waals surface area contributed by atoms with Crippen molar-refractivity contribution in [3.63, 3.8) is 0 Å². The zero-order chi connectivity index (χ0) is 13.4.